The van der Waals surface area contributed by atoms with Crippen LogP contribution in [-0.4, -0.2) is 26.1 Å². The number of rotatable bonds is 20. The lowest BCUT2D eigenvalue weighted by molar-refractivity contribution is 0.194. The second-order valence-corrected chi connectivity index (χ2v) is 16.3. The Hall–Kier alpha value is -1.94. The second kappa shape index (κ2) is 19.2. The molecule has 0 saturated carbocycles. The smallest absolute Gasteiger partial charge is 0.261 e. The van der Waals surface area contributed by atoms with E-state index in [1.807, 2.05) is 0 Å². The van der Waals surface area contributed by atoms with Gasteiger partial charge in [0.05, 0.1) is 0 Å². The molecule has 39 heavy (non-hydrogen) atoms. The van der Waals surface area contributed by atoms with Gasteiger partial charge in [-0.25, -0.2) is 0 Å². The van der Waals surface area contributed by atoms with Gasteiger partial charge in [-0.15, -0.1) is 0 Å². The molecule has 0 spiro atoms. The van der Waals surface area contributed by atoms with Gasteiger partial charge in [-0.05, 0) is 86.5 Å². The average Bonchev–Trinajstić information content (AvgIpc) is 2.93. The van der Waals surface area contributed by atoms with Gasteiger partial charge in [0.25, 0.3) is 8.32 Å². The monoisotopic (exact) mass is 548 g/mol. The number of aliphatic hydroxyl groups excluding tert-OH is 1. The minimum atomic E-state index is -2.45. The summed E-state index contributed by atoms with van der Waals surface area (Å²) >= 11 is 0. The number of benzene rings is 2. The van der Waals surface area contributed by atoms with Crippen molar-refractivity contribution in [1.82, 2.24) is 0 Å². The topological polar surface area (TPSA) is 29.5 Å². The van der Waals surface area contributed by atoms with E-state index in [0.29, 0.717) is 6.61 Å². The lowest BCUT2D eigenvalue weighted by atomic mass is 10.1. The average molecular weight is 549 g/mol. The summed E-state index contributed by atoms with van der Waals surface area (Å²) in [6, 6.07) is 22.0. The van der Waals surface area contributed by atoms with Crippen LogP contribution in [0, 0.1) is 0 Å². The Labute approximate surface area is 241 Å². The van der Waals surface area contributed by atoms with Crippen LogP contribution >= 0.6 is 0 Å². The summed E-state index contributed by atoms with van der Waals surface area (Å²) < 4.78 is 7.21. The van der Waals surface area contributed by atoms with Crippen molar-refractivity contribution in [3.8, 4) is 0 Å². The first-order valence-electron chi connectivity index (χ1n) is 15.6. The van der Waals surface area contributed by atoms with E-state index in [9.17, 15) is 0 Å². The van der Waals surface area contributed by atoms with Crippen LogP contribution in [0.5, 0.6) is 0 Å². The molecule has 0 heterocycles. The minimum Gasteiger partial charge on any atom is -0.405 e. The summed E-state index contributed by atoms with van der Waals surface area (Å²) in [6.07, 6.45) is 25.2. The van der Waals surface area contributed by atoms with Crippen LogP contribution < -0.4 is 10.4 Å². The molecule has 0 aliphatic rings. The van der Waals surface area contributed by atoms with Crippen molar-refractivity contribution in [2.45, 2.75) is 122 Å². The third-order valence-corrected chi connectivity index (χ3v) is 12.8. The quantitative estimate of drug-likeness (QED) is 0.102. The third-order valence-electron chi connectivity index (χ3n) is 7.63. The van der Waals surface area contributed by atoms with Crippen LogP contribution in [0.15, 0.2) is 85.0 Å². The molecule has 0 fully saturated rings. The lowest BCUT2D eigenvalue weighted by Crippen LogP contribution is -2.67. The summed E-state index contributed by atoms with van der Waals surface area (Å²) in [5.74, 6) is 0. The Morgan fingerprint density at radius 3 is 1.49 bits per heavy atom. The summed E-state index contributed by atoms with van der Waals surface area (Å²) in [5, 5.41) is 11.5. The molecule has 216 valence electrons. The predicted molar refractivity (Wildman–Crippen MR) is 174 cm³/mol. The van der Waals surface area contributed by atoms with E-state index in [0.717, 1.165) is 32.1 Å². The second-order valence-electron chi connectivity index (χ2n) is 12.0. The summed E-state index contributed by atoms with van der Waals surface area (Å²) in [7, 11) is -2.45. The van der Waals surface area contributed by atoms with Gasteiger partial charge in [-0.3, -0.25) is 0 Å². The summed E-state index contributed by atoms with van der Waals surface area (Å²) in [4.78, 5) is 0. The van der Waals surface area contributed by atoms with Crippen LogP contribution in [0.1, 0.15) is 111 Å². The summed E-state index contributed by atoms with van der Waals surface area (Å²) in [6.45, 7) is 9.66. The van der Waals surface area contributed by atoms with Gasteiger partial charge in [0.1, 0.15) is 0 Å². The Bertz CT molecular complexity index is 875. The molecule has 2 nitrogen and oxygen atoms in total. The lowest BCUT2D eigenvalue weighted by Gasteiger charge is -2.44. The molecule has 0 aliphatic carbocycles. The van der Waals surface area contributed by atoms with Crippen molar-refractivity contribution in [3.63, 3.8) is 0 Å². The van der Waals surface area contributed by atoms with E-state index < -0.39 is 8.32 Å². The predicted octanol–water partition coefficient (Wildman–Crippen LogP) is 9.13. The molecule has 0 aromatic heterocycles. The molecule has 1 N–H and O–H groups in total. The Balaban J connectivity index is 1.71. The zero-order chi connectivity index (χ0) is 28.2. The molecular weight excluding hydrogens is 492 g/mol. The van der Waals surface area contributed by atoms with Crippen molar-refractivity contribution >= 4 is 18.7 Å². The van der Waals surface area contributed by atoms with E-state index in [1.165, 1.54) is 61.7 Å². The van der Waals surface area contributed by atoms with Gasteiger partial charge in [0.2, 0.25) is 0 Å². The molecule has 3 heteroatoms. The highest BCUT2D eigenvalue weighted by molar-refractivity contribution is 6.99. The number of hydrogen-bond acceptors (Lipinski definition) is 2. The van der Waals surface area contributed by atoms with E-state index in [-0.39, 0.29) is 11.1 Å². The minimum absolute atomic E-state index is 0.0290. The number of aliphatic hydroxyl groups is 1. The Morgan fingerprint density at radius 2 is 1.05 bits per heavy atom. The van der Waals surface area contributed by atoms with Gasteiger partial charge in [0, 0.05) is 12.7 Å². The molecule has 2 aromatic carbocycles. The van der Waals surface area contributed by atoms with Gasteiger partial charge in [0.15, 0.2) is 0 Å². The molecular formula is C36H56O2Si. The molecule has 2 aromatic rings. The first kappa shape index (κ1) is 33.3. The number of hydrogen-bond donors (Lipinski definition) is 1. The fraction of sp³-hybridized carbons (Fsp3) is 0.556. The van der Waals surface area contributed by atoms with Crippen LogP contribution in [0.2, 0.25) is 5.04 Å². The van der Waals surface area contributed by atoms with Crippen LogP contribution in [-0.2, 0) is 4.43 Å². The molecule has 2 rings (SSSR count). The molecule has 0 saturated heterocycles. The number of allylic oxidation sites excluding steroid dienone is 4. The maximum absolute atomic E-state index is 8.79. The van der Waals surface area contributed by atoms with Crippen molar-refractivity contribution < 1.29 is 9.53 Å². The van der Waals surface area contributed by atoms with Gasteiger partial charge in [-0.2, -0.15) is 0 Å². The highest BCUT2D eigenvalue weighted by Crippen LogP contribution is 2.37. The Kier molecular flexibility index (Phi) is 16.4. The first-order valence-corrected chi connectivity index (χ1v) is 17.5. The van der Waals surface area contributed by atoms with Crippen molar-refractivity contribution in [2.75, 3.05) is 6.61 Å². The van der Waals surface area contributed by atoms with Crippen molar-refractivity contribution in [1.29, 1.82) is 0 Å². The first-order chi connectivity index (χ1) is 18.9. The zero-order valence-electron chi connectivity index (χ0n) is 25.4. The van der Waals surface area contributed by atoms with Crippen molar-refractivity contribution in [2.24, 2.45) is 0 Å². The molecule has 0 amide bonds. The van der Waals surface area contributed by atoms with E-state index in [2.05, 4.69) is 113 Å². The van der Waals surface area contributed by atoms with E-state index in [1.54, 1.807) is 0 Å². The molecule has 0 unspecified atom stereocenters. The van der Waals surface area contributed by atoms with E-state index in [4.69, 9.17) is 9.53 Å². The maximum atomic E-state index is 8.79. The Morgan fingerprint density at radius 1 is 0.641 bits per heavy atom. The van der Waals surface area contributed by atoms with Crippen molar-refractivity contribution in [3.05, 3.63) is 85.0 Å². The van der Waals surface area contributed by atoms with Gasteiger partial charge >= 0.3 is 0 Å². The number of unbranched alkanes of at least 4 members (excludes halogenated alkanes) is 9. The highest BCUT2D eigenvalue weighted by Gasteiger charge is 2.50. The maximum Gasteiger partial charge on any atom is 0.261 e. The van der Waals surface area contributed by atoms with Gasteiger partial charge in [-0.1, -0.05) is 125 Å². The van der Waals surface area contributed by atoms with Crippen LogP contribution in [0.25, 0.3) is 0 Å². The van der Waals surface area contributed by atoms with Crippen LogP contribution in [0.3, 0.4) is 0 Å². The zero-order valence-corrected chi connectivity index (χ0v) is 26.4. The van der Waals surface area contributed by atoms with Gasteiger partial charge < -0.3 is 9.53 Å². The molecule has 0 radical (unpaired) electrons. The highest BCUT2D eigenvalue weighted by atomic mass is 28.4. The van der Waals surface area contributed by atoms with E-state index >= 15 is 0 Å². The SMILES string of the molecule is C[C@@H](CCC/C=C\CCCCCCC/C=C\CCCCO)O[Si](c1ccccc1)(c1ccccc1)C(C)(C)C. The molecule has 0 aliphatic heterocycles. The summed E-state index contributed by atoms with van der Waals surface area (Å²) in [5.41, 5.74) is 0. The fourth-order valence-electron chi connectivity index (χ4n) is 5.48. The third kappa shape index (κ3) is 12.0. The van der Waals surface area contributed by atoms with Crippen LogP contribution in [0.4, 0.5) is 0 Å². The normalized spacial score (nSPS) is 13.5. The fourth-order valence-corrected chi connectivity index (χ4v) is 10.2. The standard InChI is InChI=1S/C36H56O2Si/c1-33(27-21-17-15-13-11-9-7-5-6-8-10-12-14-16-18-26-32-37)38-39(36(2,3)4,34-28-22-19-23-29-34)35-30-24-20-25-31-35/h12-15,19-20,22-25,28-31,33,37H,5-11,16-18,21,26-27,32H2,1-4H3/b14-12-,15-13-/t33-/m0/s1. The molecule has 1 atom stereocenters. The largest absolute Gasteiger partial charge is 0.405 e. The molecule has 0 bridgehead atoms.